The molecule has 0 radical (unpaired) electrons. The van der Waals surface area contributed by atoms with Crippen molar-refractivity contribution >= 4 is 10.0 Å². The van der Waals surface area contributed by atoms with Gasteiger partial charge in [-0.2, -0.15) is 4.31 Å². The summed E-state index contributed by atoms with van der Waals surface area (Å²) in [6, 6.07) is 3.71. The molecule has 0 spiro atoms. The number of sulfonamides is 1. The van der Waals surface area contributed by atoms with Gasteiger partial charge < -0.3 is 5.73 Å². The fourth-order valence-electron chi connectivity index (χ4n) is 2.16. The van der Waals surface area contributed by atoms with E-state index in [2.05, 4.69) is 11.8 Å². The van der Waals surface area contributed by atoms with Crippen molar-refractivity contribution < 1.29 is 12.8 Å². The minimum Gasteiger partial charge on any atom is -0.320 e. The molecule has 0 amide bonds. The average Bonchev–Trinajstić information content (AvgIpc) is 3.28. The molecule has 2 N–H and O–H groups in total. The van der Waals surface area contributed by atoms with Gasteiger partial charge in [-0.1, -0.05) is 11.8 Å². The highest BCUT2D eigenvalue weighted by Crippen LogP contribution is 2.36. The van der Waals surface area contributed by atoms with Crippen LogP contribution >= 0.6 is 0 Å². The van der Waals surface area contributed by atoms with Crippen LogP contribution in [0.5, 0.6) is 0 Å². The van der Waals surface area contributed by atoms with Gasteiger partial charge in [-0.25, -0.2) is 12.8 Å². The Morgan fingerprint density at radius 3 is 2.67 bits per heavy atom. The summed E-state index contributed by atoms with van der Waals surface area (Å²) < 4.78 is 40.2. The van der Waals surface area contributed by atoms with E-state index in [-0.39, 0.29) is 23.0 Å². The number of rotatable bonds is 4. The van der Waals surface area contributed by atoms with Crippen molar-refractivity contribution in [3.05, 3.63) is 29.6 Å². The lowest BCUT2D eigenvalue weighted by Gasteiger charge is -2.24. The monoisotopic (exact) mass is 310 g/mol. The molecule has 0 saturated heterocycles. The van der Waals surface area contributed by atoms with Crippen molar-refractivity contribution in [3.8, 4) is 11.8 Å². The van der Waals surface area contributed by atoms with Crippen LogP contribution in [0.1, 0.15) is 25.3 Å². The molecule has 114 valence electrons. The van der Waals surface area contributed by atoms with Crippen molar-refractivity contribution in [1.29, 1.82) is 0 Å². The van der Waals surface area contributed by atoms with Crippen LogP contribution in [0, 0.1) is 23.6 Å². The Hall–Kier alpha value is -1.42. The lowest BCUT2D eigenvalue weighted by Crippen LogP contribution is -2.36. The molecule has 0 aromatic heterocycles. The largest absolute Gasteiger partial charge is 0.320 e. The Bertz CT molecular complexity index is 687. The van der Waals surface area contributed by atoms with Gasteiger partial charge in [-0.15, -0.1) is 0 Å². The summed E-state index contributed by atoms with van der Waals surface area (Å²) in [5.74, 6) is 4.88. The van der Waals surface area contributed by atoms with Crippen LogP contribution in [-0.4, -0.2) is 32.4 Å². The molecule has 1 atom stereocenters. The molecule has 0 bridgehead atoms. The van der Waals surface area contributed by atoms with Crippen molar-refractivity contribution in [3.63, 3.8) is 0 Å². The maximum atomic E-state index is 13.9. The van der Waals surface area contributed by atoms with Crippen molar-refractivity contribution in [1.82, 2.24) is 4.31 Å². The van der Waals surface area contributed by atoms with Gasteiger partial charge in [0.2, 0.25) is 10.0 Å². The molecular formula is C15H19FN2O2S. The van der Waals surface area contributed by atoms with Crippen LogP contribution in [0.4, 0.5) is 4.39 Å². The van der Waals surface area contributed by atoms with E-state index < -0.39 is 15.8 Å². The number of benzene rings is 1. The quantitative estimate of drug-likeness (QED) is 0.858. The van der Waals surface area contributed by atoms with E-state index >= 15 is 0 Å². The zero-order chi connectivity index (χ0) is 15.6. The molecule has 0 heterocycles. The third-order valence-electron chi connectivity index (χ3n) is 3.82. The van der Waals surface area contributed by atoms with E-state index in [1.807, 2.05) is 6.92 Å². The van der Waals surface area contributed by atoms with E-state index in [0.29, 0.717) is 5.92 Å². The molecule has 4 nitrogen and oxygen atoms in total. The topological polar surface area (TPSA) is 63.4 Å². The van der Waals surface area contributed by atoms with Crippen LogP contribution in [0.3, 0.4) is 0 Å². The number of hydrogen-bond donors (Lipinski definition) is 1. The first-order valence-corrected chi connectivity index (χ1v) is 8.28. The summed E-state index contributed by atoms with van der Waals surface area (Å²) in [6.07, 6.45) is 2.09. The zero-order valence-electron chi connectivity index (χ0n) is 12.1. The molecule has 1 aliphatic rings. The maximum Gasteiger partial charge on any atom is 0.243 e. The van der Waals surface area contributed by atoms with Gasteiger partial charge >= 0.3 is 0 Å². The van der Waals surface area contributed by atoms with Crippen LogP contribution in [0.2, 0.25) is 0 Å². The summed E-state index contributed by atoms with van der Waals surface area (Å²) in [5.41, 5.74) is 5.38. The van der Waals surface area contributed by atoms with E-state index in [4.69, 9.17) is 5.73 Å². The normalized spacial score (nSPS) is 16.4. The molecule has 1 aliphatic carbocycles. The van der Waals surface area contributed by atoms with E-state index in [9.17, 15) is 12.8 Å². The number of nitrogens with zero attached hydrogens (tertiary/aromatic N) is 1. The first-order valence-electron chi connectivity index (χ1n) is 6.84. The molecule has 1 saturated carbocycles. The Labute approximate surface area is 125 Å². The molecule has 21 heavy (non-hydrogen) atoms. The lowest BCUT2D eigenvalue weighted by atomic mass is 10.2. The third-order valence-corrected chi connectivity index (χ3v) is 5.76. The Morgan fingerprint density at radius 2 is 2.14 bits per heavy atom. The summed E-state index contributed by atoms with van der Waals surface area (Å²) >= 11 is 0. The van der Waals surface area contributed by atoms with Crippen LogP contribution in [0.25, 0.3) is 0 Å². The first kappa shape index (κ1) is 16.0. The fraction of sp³-hybridized carbons (Fsp3) is 0.467. The fourth-order valence-corrected chi connectivity index (χ4v) is 3.60. The molecule has 1 aromatic carbocycles. The molecule has 2 rings (SSSR count). The summed E-state index contributed by atoms with van der Waals surface area (Å²) in [5, 5.41) is 0. The first-order chi connectivity index (χ1) is 9.87. The van der Waals surface area contributed by atoms with Gasteiger partial charge in [0.15, 0.2) is 0 Å². The summed E-state index contributed by atoms with van der Waals surface area (Å²) in [6.45, 7) is 2.01. The standard InChI is InChI=1S/C15H19FN2O2S/c1-11(12-5-6-12)18(2)21(19,20)14-8-7-13(4-3-9-17)15(16)10-14/h7-8,10-12H,5-6,9,17H2,1-2H3. The van der Waals surface area contributed by atoms with Crippen LogP contribution < -0.4 is 5.73 Å². The minimum atomic E-state index is -3.68. The molecule has 1 unspecified atom stereocenters. The highest BCUT2D eigenvalue weighted by molar-refractivity contribution is 7.89. The summed E-state index contributed by atoms with van der Waals surface area (Å²) in [7, 11) is -2.14. The van der Waals surface area contributed by atoms with Gasteiger partial charge in [-0.05, 0) is 43.9 Å². The van der Waals surface area contributed by atoms with Crippen molar-refractivity contribution in [2.75, 3.05) is 13.6 Å². The van der Waals surface area contributed by atoms with Gasteiger partial charge in [0.05, 0.1) is 17.0 Å². The molecule has 1 fully saturated rings. The Balaban J connectivity index is 2.30. The molecule has 6 heteroatoms. The second kappa shape index (κ2) is 6.14. The zero-order valence-corrected chi connectivity index (χ0v) is 13.0. The lowest BCUT2D eigenvalue weighted by molar-refractivity contribution is 0.357. The number of halogens is 1. The smallest absolute Gasteiger partial charge is 0.243 e. The second-order valence-electron chi connectivity index (χ2n) is 5.25. The van der Waals surface area contributed by atoms with E-state index in [0.717, 1.165) is 18.9 Å². The average molecular weight is 310 g/mol. The van der Waals surface area contributed by atoms with Gasteiger partial charge in [0.1, 0.15) is 5.82 Å². The number of hydrogen-bond acceptors (Lipinski definition) is 3. The molecule has 0 aliphatic heterocycles. The van der Waals surface area contributed by atoms with Gasteiger partial charge in [-0.3, -0.25) is 0 Å². The van der Waals surface area contributed by atoms with E-state index in [1.165, 1.54) is 16.4 Å². The van der Waals surface area contributed by atoms with Crippen LogP contribution in [-0.2, 0) is 10.0 Å². The molecule has 1 aromatic rings. The van der Waals surface area contributed by atoms with Crippen LogP contribution in [0.15, 0.2) is 23.1 Å². The predicted octanol–water partition coefficient (Wildman–Crippen LogP) is 1.55. The highest BCUT2D eigenvalue weighted by Gasteiger charge is 2.36. The molecular weight excluding hydrogens is 291 g/mol. The van der Waals surface area contributed by atoms with Crippen molar-refractivity contribution in [2.24, 2.45) is 11.7 Å². The minimum absolute atomic E-state index is 0.0479. The highest BCUT2D eigenvalue weighted by atomic mass is 32.2. The Kier molecular flexibility index (Phi) is 4.67. The third kappa shape index (κ3) is 3.43. The Morgan fingerprint density at radius 1 is 1.48 bits per heavy atom. The predicted molar refractivity (Wildman–Crippen MR) is 79.5 cm³/mol. The maximum absolute atomic E-state index is 13.9. The summed E-state index contributed by atoms with van der Waals surface area (Å²) in [4.78, 5) is -0.0479. The van der Waals surface area contributed by atoms with Crippen molar-refractivity contribution in [2.45, 2.75) is 30.7 Å². The van der Waals surface area contributed by atoms with Gasteiger partial charge in [0.25, 0.3) is 0 Å². The van der Waals surface area contributed by atoms with Gasteiger partial charge in [0, 0.05) is 13.1 Å². The second-order valence-corrected chi connectivity index (χ2v) is 7.24. The SMILES string of the molecule is CC(C1CC1)N(C)S(=O)(=O)c1ccc(C#CCN)c(F)c1. The number of nitrogens with two attached hydrogens (primary N) is 1. The van der Waals surface area contributed by atoms with E-state index in [1.54, 1.807) is 7.05 Å².